The highest BCUT2D eigenvalue weighted by Gasteiger charge is 2.04. The lowest BCUT2D eigenvalue weighted by Crippen LogP contribution is -2.28. The Labute approximate surface area is 254 Å². The molecule has 0 aromatic rings. The van der Waals surface area contributed by atoms with Crippen molar-refractivity contribution in [3.05, 3.63) is 0 Å². The molecule has 0 heterocycles. The fourth-order valence-electron chi connectivity index (χ4n) is 6.17. The van der Waals surface area contributed by atoms with Crippen molar-refractivity contribution in [1.29, 1.82) is 0 Å². The Hall–Kier alpha value is -0.370. The predicted octanol–water partition coefficient (Wildman–Crippen LogP) is 13.0. The van der Waals surface area contributed by atoms with Crippen LogP contribution in [0.2, 0.25) is 0 Å². The summed E-state index contributed by atoms with van der Waals surface area (Å²) in [5.74, 6) is 0. The Morgan fingerprint density at radius 2 is 0.525 bits per heavy atom. The average molecular weight is 564 g/mol. The van der Waals surface area contributed by atoms with E-state index in [-0.39, 0.29) is 0 Å². The highest BCUT2D eigenvalue weighted by Crippen LogP contribution is 2.15. The Balaban J connectivity index is 3.36. The number of aldehydes is 1. The molecule has 40 heavy (non-hydrogen) atoms. The molecule has 0 N–H and O–H groups in total. The van der Waals surface area contributed by atoms with Crippen LogP contribution in [0.25, 0.3) is 0 Å². The predicted molar refractivity (Wildman–Crippen MR) is 182 cm³/mol. The zero-order valence-corrected chi connectivity index (χ0v) is 28.2. The normalized spacial score (nSPS) is 11.6. The fourth-order valence-corrected chi connectivity index (χ4v) is 6.17. The first-order valence-corrected chi connectivity index (χ1v) is 19.0. The third kappa shape index (κ3) is 33.8. The quantitative estimate of drug-likeness (QED) is 0.0558. The van der Waals surface area contributed by atoms with Crippen LogP contribution in [-0.4, -0.2) is 30.8 Å². The van der Waals surface area contributed by atoms with Crippen LogP contribution < -0.4 is 0 Å². The zero-order valence-electron chi connectivity index (χ0n) is 28.2. The lowest BCUT2D eigenvalue weighted by atomic mass is 10.0. The summed E-state index contributed by atoms with van der Waals surface area (Å²) in [5.41, 5.74) is 0. The van der Waals surface area contributed by atoms with Crippen molar-refractivity contribution in [3.8, 4) is 0 Å². The van der Waals surface area contributed by atoms with Crippen molar-refractivity contribution >= 4 is 6.29 Å². The van der Waals surface area contributed by atoms with Gasteiger partial charge in [-0.2, -0.15) is 0 Å². The van der Waals surface area contributed by atoms with Gasteiger partial charge in [0.2, 0.25) is 0 Å². The van der Waals surface area contributed by atoms with Crippen molar-refractivity contribution in [2.75, 3.05) is 19.6 Å². The summed E-state index contributed by atoms with van der Waals surface area (Å²) in [4.78, 5) is 13.5. The van der Waals surface area contributed by atoms with Gasteiger partial charge in [-0.05, 0) is 25.9 Å². The lowest BCUT2D eigenvalue weighted by molar-refractivity contribution is -0.108. The van der Waals surface area contributed by atoms with E-state index in [0.717, 1.165) is 19.4 Å². The van der Waals surface area contributed by atoms with Gasteiger partial charge in [0.25, 0.3) is 0 Å². The number of carbonyl (C=O) groups excluding carboxylic acids is 1. The second-order valence-corrected chi connectivity index (χ2v) is 13.1. The van der Waals surface area contributed by atoms with Crippen molar-refractivity contribution in [2.24, 2.45) is 0 Å². The van der Waals surface area contributed by atoms with E-state index in [1.54, 1.807) is 0 Å². The van der Waals surface area contributed by atoms with Crippen molar-refractivity contribution in [1.82, 2.24) is 4.90 Å². The fraction of sp³-hybridized carbons (Fsp3) is 0.974. The van der Waals surface area contributed by atoms with Gasteiger partial charge in [-0.1, -0.05) is 206 Å². The monoisotopic (exact) mass is 564 g/mol. The first-order valence-electron chi connectivity index (χ1n) is 19.0. The Morgan fingerprint density at radius 3 is 0.725 bits per heavy atom. The molecule has 0 aliphatic carbocycles. The number of nitrogens with zero attached hydrogens (tertiary/aromatic N) is 1. The molecule has 0 aromatic carbocycles. The molecule has 0 spiro atoms. The number of rotatable bonds is 36. The summed E-state index contributed by atoms with van der Waals surface area (Å²) in [5, 5.41) is 0. The summed E-state index contributed by atoms with van der Waals surface area (Å²) in [6.07, 6.45) is 46.5. The van der Waals surface area contributed by atoms with Crippen molar-refractivity contribution in [3.63, 3.8) is 0 Å². The summed E-state index contributed by atoms with van der Waals surface area (Å²) in [6.45, 7) is 7.47. The molecule has 0 fully saturated rings. The molecule has 0 aliphatic rings. The number of hydrogen-bond donors (Lipinski definition) is 0. The highest BCUT2D eigenvalue weighted by molar-refractivity contribution is 5.51. The van der Waals surface area contributed by atoms with Crippen LogP contribution in [0.5, 0.6) is 0 Å². The second kappa shape index (κ2) is 36.7. The van der Waals surface area contributed by atoms with Gasteiger partial charge in [0.05, 0.1) is 6.54 Å². The molecular weight excluding hydrogens is 486 g/mol. The smallest absolute Gasteiger partial charge is 0.133 e. The Morgan fingerprint density at radius 1 is 0.325 bits per heavy atom. The summed E-state index contributed by atoms with van der Waals surface area (Å²) >= 11 is 0. The molecule has 0 aliphatic heterocycles. The van der Waals surface area contributed by atoms with Crippen LogP contribution in [0.1, 0.15) is 219 Å². The molecule has 2 nitrogen and oxygen atoms in total. The van der Waals surface area contributed by atoms with Gasteiger partial charge in [-0.3, -0.25) is 4.90 Å². The van der Waals surface area contributed by atoms with Gasteiger partial charge in [0, 0.05) is 0 Å². The van der Waals surface area contributed by atoms with E-state index in [0.29, 0.717) is 6.54 Å². The number of unbranched alkanes of at least 4 members (excludes halogenated alkanes) is 30. The van der Waals surface area contributed by atoms with Crippen LogP contribution >= 0.6 is 0 Å². The average Bonchev–Trinajstić information content (AvgIpc) is 2.96. The minimum absolute atomic E-state index is 0.636. The molecule has 0 bridgehead atoms. The van der Waals surface area contributed by atoms with Crippen LogP contribution in [-0.2, 0) is 4.79 Å². The molecule has 0 unspecified atom stereocenters. The van der Waals surface area contributed by atoms with Crippen molar-refractivity contribution in [2.45, 2.75) is 219 Å². The SMILES string of the molecule is CCCCCCCCCCCCCCCCCCN(CC=O)CCCCCCCCCCCCCCCCCC. The van der Waals surface area contributed by atoms with Gasteiger partial charge in [0.1, 0.15) is 6.29 Å². The van der Waals surface area contributed by atoms with E-state index in [4.69, 9.17) is 0 Å². The maximum Gasteiger partial charge on any atom is 0.133 e. The summed E-state index contributed by atoms with van der Waals surface area (Å²) in [7, 11) is 0. The first kappa shape index (κ1) is 39.6. The molecule has 0 aromatic heterocycles. The number of hydrogen-bond acceptors (Lipinski definition) is 2. The number of carbonyl (C=O) groups is 1. The molecule has 0 amide bonds. The maximum atomic E-state index is 11.1. The van der Waals surface area contributed by atoms with Gasteiger partial charge >= 0.3 is 0 Å². The molecule has 2 heteroatoms. The summed E-state index contributed by atoms with van der Waals surface area (Å²) in [6, 6.07) is 0. The van der Waals surface area contributed by atoms with E-state index in [2.05, 4.69) is 18.7 Å². The summed E-state index contributed by atoms with van der Waals surface area (Å²) < 4.78 is 0. The molecular formula is C38H77NO. The second-order valence-electron chi connectivity index (χ2n) is 13.1. The maximum absolute atomic E-state index is 11.1. The lowest BCUT2D eigenvalue weighted by Gasteiger charge is -2.19. The Bertz CT molecular complexity index is 415. The van der Waals surface area contributed by atoms with E-state index in [9.17, 15) is 4.79 Å². The van der Waals surface area contributed by atoms with Gasteiger partial charge in [-0.25, -0.2) is 0 Å². The molecule has 0 atom stereocenters. The van der Waals surface area contributed by atoms with E-state index < -0.39 is 0 Å². The van der Waals surface area contributed by atoms with Crippen LogP contribution in [0.15, 0.2) is 0 Å². The Kier molecular flexibility index (Phi) is 36.3. The highest BCUT2D eigenvalue weighted by atomic mass is 16.1. The van der Waals surface area contributed by atoms with Crippen LogP contribution in [0.3, 0.4) is 0 Å². The minimum atomic E-state index is 0.636. The standard InChI is InChI=1S/C38H77NO/c1-3-5-7-9-11-13-15-17-19-21-23-25-27-29-31-33-35-39(37-38-40)36-34-32-30-28-26-24-22-20-18-16-14-12-10-8-6-4-2/h38H,3-37H2,1-2H3. The molecule has 240 valence electrons. The molecule has 0 saturated heterocycles. The third-order valence-corrected chi connectivity index (χ3v) is 8.99. The molecule has 0 rings (SSSR count). The van der Waals surface area contributed by atoms with E-state index in [1.165, 1.54) is 205 Å². The largest absolute Gasteiger partial charge is 0.302 e. The zero-order chi connectivity index (χ0) is 29.0. The van der Waals surface area contributed by atoms with Crippen molar-refractivity contribution < 1.29 is 4.79 Å². The van der Waals surface area contributed by atoms with Crippen LogP contribution in [0, 0.1) is 0 Å². The first-order chi connectivity index (χ1) is 19.8. The molecule has 0 radical (unpaired) electrons. The van der Waals surface area contributed by atoms with E-state index in [1.807, 2.05) is 0 Å². The van der Waals surface area contributed by atoms with Gasteiger partial charge in [0.15, 0.2) is 0 Å². The van der Waals surface area contributed by atoms with Gasteiger partial charge in [-0.15, -0.1) is 0 Å². The van der Waals surface area contributed by atoms with E-state index >= 15 is 0 Å². The van der Waals surface area contributed by atoms with Crippen LogP contribution in [0.4, 0.5) is 0 Å². The third-order valence-electron chi connectivity index (χ3n) is 8.99. The van der Waals surface area contributed by atoms with Gasteiger partial charge < -0.3 is 4.79 Å². The topological polar surface area (TPSA) is 20.3 Å². The minimum Gasteiger partial charge on any atom is -0.302 e. The molecule has 0 saturated carbocycles.